The van der Waals surface area contributed by atoms with E-state index in [9.17, 15) is 14.7 Å². The number of aromatic carboxylic acids is 1. The van der Waals surface area contributed by atoms with Gasteiger partial charge in [0.25, 0.3) is 0 Å². The summed E-state index contributed by atoms with van der Waals surface area (Å²) in [5, 5.41) is 19.4. The first-order valence-electron chi connectivity index (χ1n) is 20.5. The van der Waals surface area contributed by atoms with Crippen LogP contribution in [0, 0.1) is 0 Å². The Morgan fingerprint density at radius 3 is 2.37 bits per heavy atom. The number of hydrogen-bond acceptors (Lipinski definition) is 8. The number of carboxylic acid groups (broad SMARTS) is 1. The van der Waals surface area contributed by atoms with E-state index in [1.54, 1.807) is 7.05 Å². The number of nitrogens with zero attached hydrogens (tertiary/aromatic N) is 5. The van der Waals surface area contributed by atoms with Gasteiger partial charge in [0, 0.05) is 73.2 Å². The maximum Gasteiger partial charge on any atom is 0.410 e. The normalized spacial score (nSPS) is 13.2. The van der Waals surface area contributed by atoms with Gasteiger partial charge in [-0.25, -0.2) is 9.59 Å². The molecular formula is C47H54BrN5O7. The number of ether oxygens (including phenoxy) is 4. The molecule has 1 aliphatic heterocycles. The second-order valence-corrected chi connectivity index (χ2v) is 16.6. The molecule has 1 amide bonds. The Morgan fingerprint density at radius 2 is 1.63 bits per heavy atom. The molecule has 7 rings (SSSR count). The molecule has 0 atom stereocenters. The van der Waals surface area contributed by atoms with Crippen molar-refractivity contribution in [1.29, 1.82) is 0 Å². The maximum atomic E-state index is 13.4. The lowest BCUT2D eigenvalue weighted by molar-refractivity contribution is 0.0294. The van der Waals surface area contributed by atoms with Crippen molar-refractivity contribution < 1.29 is 33.6 Å². The number of anilines is 1. The van der Waals surface area contributed by atoms with Gasteiger partial charge in [0.1, 0.15) is 35.1 Å². The molecular weight excluding hydrogens is 826 g/mol. The second kappa shape index (κ2) is 18.8. The van der Waals surface area contributed by atoms with E-state index in [1.807, 2.05) is 97.7 Å². The van der Waals surface area contributed by atoms with Crippen LogP contribution in [0.1, 0.15) is 61.1 Å². The van der Waals surface area contributed by atoms with Crippen LogP contribution >= 0.6 is 15.9 Å². The number of benzene rings is 4. The number of carbonyl (C=O) groups excluding carboxylic acids is 1. The zero-order valence-corrected chi connectivity index (χ0v) is 36.7. The first-order valence-corrected chi connectivity index (χ1v) is 21.6. The molecule has 3 heterocycles. The van der Waals surface area contributed by atoms with Crippen molar-refractivity contribution in [2.24, 2.45) is 7.05 Å². The van der Waals surface area contributed by atoms with Gasteiger partial charge in [-0.05, 0) is 81.3 Å². The molecule has 4 aromatic carbocycles. The molecule has 60 heavy (non-hydrogen) atoms. The smallest absolute Gasteiger partial charge is 0.410 e. The van der Waals surface area contributed by atoms with Gasteiger partial charge < -0.3 is 38.4 Å². The standard InChI is InChI=1S/C47H54BrN5O7/c1-47(2,3)60-46(56)50(4)23-11-24-53-43-36(37(44(53)45(54)55)17-10-27-58-41-18-8-13-32-12-6-7-14-35(32)41)15-9-16-38(43)42-39(49-51(5)40(42)30-48)31-59-34-21-19-33(20-22-34)52-25-28-57-29-26-52/h6-9,12-16,18-22H,10-11,17,23-31H2,1-5H3,(H,54,55). The van der Waals surface area contributed by atoms with Crippen molar-refractivity contribution in [2.75, 3.05) is 51.4 Å². The van der Waals surface area contributed by atoms with Gasteiger partial charge in [0.2, 0.25) is 0 Å². The molecule has 316 valence electrons. The van der Waals surface area contributed by atoms with Crippen LogP contribution in [0.2, 0.25) is 0 Å². The Balaban J connectivity index is 1.22. The van der Waals surface area contributed by atoms with Gasteiger partial charge in [0.05, 0.1) is 31.0 Å². The monoisotopic (exact) mass is 879 g/mol. The number of alkyl halides is 1. The number of morpholine rings is 1. The van der Waals surface area contributed by atoms with Crippen LogP contribution in [-0.2, 0) is 41.4 Å². The van der Waals surface area contributed by atoms with E-state index >= 15 is 0 Å². The van der Waals surface area contributed by atoms with Crippen molar-refractivity contribution in [2.45, 2.75) is 64.1 Å². The van der Waals surface area contributed by atoms with E-state index in [1.165, 1.54) is 4.90 Å². The van der Waals surface area contributed by atoms with Crippen molar-refractivity contribution in [1.82, 2.24) is 19.2 Å². The van der Waals surface area contributed by atoms with Crippen molar-refractivity contribution in [3.05, 3.63) is 108 Å². The van der Waals surface area contributed by atoms with Gasteiger partial charge in [-0.15, -0.1) is 0 Å². The fraction of sp³-hybridized carbons (Fsp3) is 0.383. The zero-order chi connectivity index (χ0) is 42.4. The van der Waals surface area contributed by atoms with Gasteiger partial charge in [-0.3, -0.25) is 4.68 Å². The third-order valence-electron chi connectivity index (χ3n) is 10.8. The van der Waals surface area contributed by atoms with Crippen LogP contribution in [0.5, 0.6) is 11.5 Å². The summed E-state index contributed by atoms with van der Waals surface area (Å²) in [5.74, 6) is 0.506. The number of halogens is 1. The van der Waals surface area contributed by atoms with Crippen LogP contribution in [-0.4, -0.2) is 88.5 Å². The summed E-state index contributed by atoms with van der Waals surface area (Å²) >= 11 is 3.73. The van der Waals surface area contributed by atoms with Crippen LogP contribution < -0.4 is 14.4 Å². The molecule has 1 fully saturated rings. The summed E-state index contributed by atoms with van der Waals surface area (Å²) in [4.78, 5) is 30.1. The summed E-state index contributed by atoms with van der Waals surface area (Å²) in [6, 6.07) is 28.2. The number of carbonyl (C=O) groups is 2. The molecule has 1 N–H and O–H groups in total. The van der Waals surface area contributed by atoms with Crippen molar-refractivity contribution >= 4 is 55.4 Å². The van der Waals surface area contributed by atoms with E-state index in [0.717, 1.165) is 80.0 Å². The van der Waals surface area contributed by atoms with Crippen LogP contribution in [0.25, 0.3) is 32.8 Å². The fourth-order valence-electron chi connectivity index (χ4n) is 7.96. The van der Waals surface area contributed by atoms with Gasteiger partial charge >= 0.3 is 12.1 Å². The molecule has 1 saturated heterocycles. The lowest BCUT2D eigenvalue weighted by atomic mass is 9.98. The second-order valence-electron chi connectivity index (χ2n) is 16.1. The van der Waals surface area contributed by atoms with Gasteiger partial charge in [0.15, 0.2) is 0 Å². The predicted molar refractivity (Wildman–Crippen MR) is 239 cm³/mol. The van der Waals surface area contributed by atoms with E-state index < -0.39 is 17.7 Å². The maximum absolute atomic E-state index is 13.4. The molecule has 0 saturated carbocycles. The number of para-hydroxylation sites is 1. The number of rotatable bonds is 16. The van der Waals surface area contributed by atoms with E-state index in [2.05, 4.69) is 45.1 Å². The third-order valence-corrected chi connectivity index (χ3v) is 11.3. The number of amides is 1. The minimum absolute atomic E-state index is 0.203. The first kappa shape index (κ1) is 42.6. The Hall–Kier alpha value is -5.53. The minimum Gasteiger partial charge on any atom is -0.493 e. The summed E-state index contributed by atoms with van der Waals surface area (Å²) in [6.45, 7) is 9.96. The zero-order valence-electron chi connectivity index (χ0n) is 35.1. The molecule has 12 nitrogen and oxygen atoms in total. The van der Waals surface area contributed by atoms with E-state index in [0.29, 0.717) is 57.5 Å². The summed E-state index contributed by atoms with van der Waals surface area (Å²) in [7, 11) is 3.61. The van der Waals surface area contributed by atoms with Crippen molar-refractivity contribution in [3.8, 4) is 22.6 Å². The van der Waals surface area contributed by atoms with Crippen LogP contribution in [0.4, 0.5) is 10.5 Å². The first-order chi connectivity index (χ1) is 28.9. The average molecular weight is 881 g/mol. The molecule has 0 spiro atoms. The minimum atomic E-state index is -1.02. The number of aromatic nitrogens is 3. The Bertz CT molecular complexity index is 2440. The van der Waals surface area contributed by atoms with Gasteiger partial charge in [-0.1, -0.05) is 70.5 Å². The Labute approximate surface area is 359 Å². The highest BCUT2D eigenvalue weighted by Crippen LogP contribution is 2.39. The number of aryl methyl sites for hydroxylation is 3. The number of hydrogen-bond donors (Lipinski definition) is 1. The summed E-state index contributed by atoms with van der Waals surface area (Å²) < 4.78 is 27.6. The summed E-state index contributed by atoms with van der Waals surface area (Å²) in [6.07, 6.45) is 1.14. The largest absolute Gasteiger partial charge is 0.493 e. The molecule has 0 radical (unpaired) electrons. The summed E-state index contributed by atoms with van der Waals surface area (Å²) in [5.41, 5.74) is 5.67. The number of fused-ring (bicyclic) bond motifs is 2. The molecule has 0 unspecified atom stereocenters. The highest BCUT2D eigenvalue weighted by molar-refractivity contribution is 9.08. The predicted octanol–water partition coefficient (Wildman–Crippen LogP) is 9.47. The van der Waals surface area contributed by atoms with Crippen LogP contribution in [0.3, 0.4) is 0 Å². The fourth-order valence-corrected chi connectivity index (χ4v) is 8.61. The van der Waals surface area contributed by atoms with Crippen molar-refractivity contribution in [3.63, 3.8) is 0 Å². The van der Waals surface area contributed by atoms with E-state index in [-0.39, 0.29) is 12.3 Å². The van der Waals surface area contributed by atoms with E-state index in [4.69, 9.17) is 24.0 Å². The highest BCUT2D eigenvalue weighted by Gasteiger charge is 2.28. The molecule has 2 aromatic heterocycles. The average Bonchev–Trinajstić information content (AvgIpc) is 3.74. The molecule has 0 aliphatic carbocycles. The highest BCUT2D eigenvalue weighted by atomic mass is 79.9. The van der Waals surface area contributed by atoms with Crippen LogP contribution in [0.15, 0.2) is 84.9 Å². The third kappa shape index (κ3) is 9.58. The lowest BCUT2D eigenvalue weighted by Crippen LogP contribution is -2.36. The topological polar surface area (TPSA) is 121 Å². The molecule has 0 bridgehead atoms. The molecule has 6 aromatic rings. The Morgan fingerprint density at radius 1 is 0.917 bits per heavy atom. The SMILES string of the molecule is CN(CCCn1c(C(=O)O)c(CCCOc2cccc3ccccc23)c2cccc(-c3c(COc4ccc(N5CCOCC5)cc4)nn(C)c3CBr)c21)C(=O)OC(C)(C)C. The lowest BCUT2D eigenvalue weighted by Gasteiger charge is -2.28. The quantitative estimate of drug-likeness (QED) is 0.0749. The Kier molecular flexibility index (Phi) is 13.4. The number of carboxylic acids is 1. The van der Waals surface area contributed by atoms with Gasteiger partial charge in [-0.2, -0.15) is 5.10 Å². The molecule has 1 aliphatic rings. The molecule has 13 heteroatoms.